The van der Waals surface area contributed by atoms with E-state index < -0.39 is 25.8 Å². The molecule has 2 aliphatic rings. The molecule has 0 bridgehead atoms. The van der Waals surface area contributed by atoms with E-state index in [2.05, 4.69) is 0 Å². The van der Waals surface area contributed by atoms with Gasteiger partial charge in [0.1, 0.15) is 10.6 Å². The molecule has 14 heteroatoms. The Morgan fingerprint density at radius 2 is 1.84 bits per heavy atom. The normalized spacial score (nSPS) is 19.2. The number of thioether (sulfide) groups is 2. The number of halogens is 2. The number of thiocarbonyl (C=S) groups is 1. The number of carboxylic acid groups (broad SMARTS) is 1. The zero-order chi connectivity index (χ0) is 23.8. The van der Waals surface area contributed by atoms with E-state index in [1.165, 1.54) is 11.8 Å². The lowest BCUT2D eigenvalue weighted by atomic mass is 10.1. The Bertz CT molecular complexity index is 1120. The van der Waals surface area contributed by atoms with Gasteiger partial charge in [0.2, 0.25) is 0 Å². The van der Waals surface area contributed by atoms with Crippen LogP contribution in [-0.2, 0) is 14.2 Å². The van der Waals surface area contributed by atoms with Gasteiger partial charge in [-0.05, 0) is 37.1 Å². The number of aliphatic carboxylic acids is 1. The lowest BCUT2D eigenvalue weighted by molar-refractivity contribution is -0.137. The zero-order valence-electron chi connectivity index (χ0n) is 16.4. The minimum absolute atomic E-state index is 0.00724. The number of carboxylic acids is 1. The van der Waals surface area contributed by atoms with E-state index in [1.54, 1.807) is 18.2 Å². The Morgan fingerprint density at radius 1 is 1.19 bits per heavy atom. The topological polar surface area (TPSA) is 118 Å². The van der Waals surface area contributed by atoms with Gasteiger partial charge in [-0.15, -0.1) is 0 Å². The Morgan fingerprint density at radius 3 is 2.44 bits per heavy atom. The number of benzene rings is 1. The maximum atomic E-state index is 12.9. The summed E-state index contributed by atoms with van der Waals surface area (Å²) in [7, 11) is -4.54. The molecule has 1 aromatic rings. The van der Waals surface area contributed by atoms with Gasteiger partial charge in [0.25, 0.3) is 5.91 Å². The van der Waals surface area contributed by atoms with Crippen LogP contribution in [0.1, 0.15) is 19.8 Å². The number of anilines is 1. The molecule has 1 aromatic carbocycles. The van der Waals surface area contributed by atoms with Gasteiger partial charge in [-0.1, -0.05) is 58.9 Å². The first-order valence-electron chi connectivity index (χ1n) is 9.10. The number of nitrogens with zero attached hydrogens (tertiary/aromatic N) is 2. The van der Waals surface area contributed by atoms with Crippen molar-refractivity contribution in [2.45, 2.75) is 24.7 Å². The van der Waals surface area contributed by atoms with Crippen molar-refractivity contribution in [2.24, 2.45) is 0 Å². The van der Waals surface area contributed by atoms with Crippen LogP contribution in [0.25, 0.3) is 0 Å². The molecule has 0 radical (unpaired) electrons. The van der Waals surface area contributed by atoms with E-state index in [4.69, 9.17) is 35.4 Å². The van der Waals surface area contributed by atoms with Crippen molar-refractivity contribution in [3.8, 4) is 0 Å². The van der Waals surface area contributed by atoms with Gasteiger partial charge >= 0.3 is 13.6 Å². The summed E-state index contributed by atoms with van der Waals surface area (Å²) >= 11 is 19.7. The highest BCUT2D eigenvalue weighted by Crippen LogP contribution is 2.50. The molecular weight excluding hydrogens is 538 g/mol. The predicted molar refractivity (Wildman–Crippen MR) is 131 cm³/mol. The number of allylic oxidation sites excluding steroid dienone is 2. The summed E-state index contributed by atoms with van der Waals surface area (Å²) in [6.45, 7) is 2.51. The second-order valence-corrected chi connectivity index (χ2v) is 11.9. The average molecular weight is 555 g/mol. The van der Waals surface area contributed by atoms with Gasteiger partial charge in [-0.3, -0.25) is 19.1 Å². The van der Waals surface area contributed by atoms with Gasteiger partial charge in [0, 0.05) is 17.9 Å². The number of hydrogen-bond acceptors (Lipinski definition) is 7. The van der Waals surface area contributed by atoms with Gasteiger partial charge in [0.05, 0.1) is 25.7 Å². The molecule has 0 aliphatic carbocycles. The fourth-order valence-corrected chi connectivity index (χ4v) is 6.82. The fourth-order valence-electron chi connectivity index (χ4n) is 3.07. The van der Waals surface area contributed by atoms with Crippen LogP contribution in [0.4, 0.5) is 5.69 Å². The number of hydrogen-bond donors (Lipinski definition) is 3. The third kappa shape index (κ3) is 5.71. The van der Waals surface area contributed by atoms with Gasteiger partial charge < -0.3 is 19.8 Å². The third-order valence-corrected chi connectivity index (χ3v) is 8.44. The van der Waals surface area contributed by atoms with Crippen molar-refractivity contribution in [1.29, 1.82) is 0 Å². The van der Waals surface area contributed by atoms with Gasteiger partial charge in [-0.2, -0.15) is 0 Å². The van der Waals surface area contributed by atoms with Gasteiger partial charge in [0.15, 0.2) is 0 Å². The molecule has 1 fully saturated rings. The summed E-state index contributed by atoms with van der Waals surface area (Å²) in [5.74, 6) is -1.70. The minimum Gasteiger partial charge on any atom is -0.481 e. The number of carbonyl (C=O) groups excluding carboxylic acids is 1. The highest BCUT2D eigenvalue weighted by atomic mass is 35.5. The smallest absolute Gasteiger partial charge is 0.345 e. The minimum atomic E-state index is -4.54. The Kier molecular flexibility index (Phi) is 8.05. The van der Waals surface area contributed by atoms with E-state index >= 15 is 0 Å². The SMILES string of the molecule is CCN1/C(=C/C(CCC(=O)O)=C2/SC(=S)N(CP(=O)(O)O)C2=O)Sc2cc(Cl)c(Cl)cc21. The summed E-state index contributed by atoms with van der Waals surface area (Å²) in [5.41, 5.74) is 1.26. The molecule has 8 nitrogen and oxygen atoms in total. The molecule has 2 heterocycles. The van der Waals surface area contributed by atoms with Crippen LogP contribution in [0.5, 0.6) is 0 Å². The first-order valence-corrected chi connectivity index (χ1v) is 13.7. The maximum absolute atomic E-state index is 12.9. The molecule has 0 unspecified atom stereocenters. The molecule has 0 atom stereocenters. The Labute approximate surface area is 207 Å². The highest BCUT2D eigenvalue weighted by Gasteiger charge is 2.38. The average Bonchev–Trinajstić information content (AvgIpc) is 3.15. The molecule has 3 N–H and O–H groups in total. The molecule has 0 spiro atoms. The Hall–Kier alpha value is -1.04. The van der Waals surface area contributed by atoms with Crippen LogP contribution >= 0.6 is 66.5 Å². The summed E-state index contributed by atoms with van der Waals surface area (Å²) in [6, 6.07) is 3.48. The van der Waals surface area contributed by atoms with Crippen LogP contribution in [0.3, 0.4) is 0 Å². The van der Waals surface area contributed by atoms with Crippen LogP contribution in [0.2, 0.25) is 10.0 Å². The molecule has 3 rings (SSSR count). The van der Waals surface area contributed by atoms with Crippen LogP contribution in [-0.4, -0.2) is 48.8 Å². The molecule has 1 amide bonds. The molecule has 0 aromatic heterocycles. The van der Waals surface area contributed by atoms with Crippen molar-refractivity contribution in [2.75, 3.05) is 17.7 Å². The summed E-state index contributed by atoms with van der Waals surface area (Å²) in [6.07, 6.45) is 0.684. The van der Waals surface area contributed by atoms with Crippen molar-refractivity contribution in [3.05, 3.63) is 43.8 Å². The van der Waals surface area contributed by atoms with Crippen LogP contribution < -0.4 is 4.90 Å². The largest absolute Gasteiger partial charge is 0.481 e. The highest BCUT2D eigenvalue weighted by molar-refractivity contribution is 8.26. The van der Waals surface area contributed by atoms with E-state index in [9.17, 15) is 29.0 Å². The third-order valence-electron chi connectivity index (χ3n) is 4.46. The summed E-state index contributed by atoms with van der Waals surface area (Å²) in [5, 5.41) is 10.7. The quantitative estimate of drug-likeness (QED) is 0.244. The zero-order valence-corrected chi connectivity index (χ0v) is 21.3. The first-order chi connectivity index (χ1) is 14.9. The molecule has 2 aliphatic heterocycles. The maximum Gasteiger partial charge on any atom is 0.345 e. The predicted octanol–water partition coefficient (Wildman–Crippen LogP) is 4.88. The van der Waals surface area contributed by atoms with Crippen molar-refractivity contribution in [1.82, 2.24) is 4.90 Å². The fraction of sp³-hybridized carbons (Fsp3) is 0.278. The molecule has 1 saturated heterocycles. The van der Waals surface area contributed by atoms with E-state index in [0.717, 1.165) is 32.3 Å². The number of amides is 1. The van der Waals surface area contributed by atoms with E-state index in [1.807, 2.05) is 11.8 Å². The van der Waals surface area contributed by atoms with Crippen LogP contribution in [0, 0.1) is 0 Å². The van der Waals surface area contributed by atoms with Crippen LogP contribution in [0.15, 0.2) is 38.6 Å². The molecule has 172 valence electrons. The molecular formula is C18H17Cl2N2O6PS3. The lowest BCUT2D eigenvalue weighted by Gasteiger charge is -2.19. The standard InChI is InChI=1S/C18H17Cl2N2O6PS3/c1-2-21-12-6-10(19)11(20)7-13(12)31-14(21)5-9(3-4-15(23)24)16-17(25)22(18(30)32-16)8-29(26,27)28/h5-7H,2-4,8H2,1H3,(H,23,24)(H2,26,27,28)/b14-5-,16-9+. The molecule has 0 saturated carbocycles. The second kappa shape index (κ2) is 10.1. The van der Waals surface area contributed by atoms with E-state index in [-0.39, 0.29) is 22.1 Å². The number of fused-ring (bicyclic) bond motifs is 1. The van der Waals surface area contributed by atoms with E-state index in [0.29, 0.717) is 22.2 Å². The number of rotatable bonds is 7. The number of carbonyl (C=O) groups is 2. The first kappa shape index (κ1) is 25.6. The lowest BCUT2D eigenvalue weighted by Crippen LogP contribution is -2.29. The molecule has 32 heavy (non-hydrogen) atoms. The monoisotopic (exact) mass is 554 g/mol. The van der Waals surface area contributed by atoms with Crippen molar-refractivity contribution >= 4 is 88.4 Å². The van der Waals surface area contributed by atoms with Crippen molar-refractivity contribution in [3.63, 3.8) is 0 Å². The van der Waals surface area contributed by atoms with Crippen molar-refractivity contribution < 1.29 is 29.0 Å². The summed E-state index contributed by atoms with van der Waals surface area (Å²) < 4.78 is 11.4. The summed E-state index contributed by atoms with van der Waals surface area (Å²) in [4.78, 5) is 46.5. The Balaban J connectivity index is 2.04. The second-order valence-electron chi connectivity index (χ2n) is 6.72. The van der Waals surface area contributed by atoms with Gasteiger partial charge in [-0.25, -0.2) is 0 Å².